The third-order valence-electron chi connectivity index (χ3n) is 2.20. The molecule has 0 atom stereocenters. The molecule has 0 aromatic heterocycles. The van der Waals surface area contributed by atoms with E-state index in [-0.39, 0.29) is 0 Å². The number of ether oxygens (including phenoxy) is 1. The SMILES string of the molecule is CC(C)Sc1cccc(OCCCN(C)C)c1. The first-order valence-corrected chi connectivity index (χ1v) is 7.00. The molecule has 0 saturated carbocycles. The zero-order valence-electron chi connectivity index (χ0n) is 11.3. The Morgan fingerprint density at radius 1 is 1.29 bits per heavy atom. The first kappa shape index (κ1) is 14.4. The van der Waals surface area contributed by atoms with Gasteiger partial charge in [0.05, 0.1) is 6.61 Å². The molecule has 96 valence electrons. The van der Waals surface area contributed by atoms with Gasteiger partial charge in [-0.05, 0) is 38.7 Å². The molecule has 1 rings (SSSR count). The third-order valence-corrected chi connectivity index (χ3v) is 3.19. The number of benzene rings is 1. The molecular formula is C14H23NOS. The Morgan fingerprint density at radius 3 is 2.71 bits per heavy atom. The fraction of sp³-hybridized carbons (Fsp3) is 0.571. The van der Waals surface area contributed by atoms with Crippen molar-refractivity contribution in [1.82, 2.24) is 4.90 Å². The minimum Gasteiger partial charge on any atom is -0.494 e. The molecule has 3 heteroatoms. The van der Waals surface area contributed by atoms with Crippen molar-refractivity contribution in [2.45, 2.75) is 30.4 Å². The van der Waals surface area contributed by atoms with Crippen LogP contribution in [0.25, 0.3) is 0 Å². The molecule has 0 bridgehead atoms. The molecule has 0 amide bonds. The van der Waals surface area contributed by atoms with Crippen LogP contribution in [-0.2, 0) is 0 Å². The summed E-state index contributed by atoms with van der Waals surface area (Å²) in [5, 5.41) is 0.610. The molecule has 0 radical (unpaired) electrons. The van der Waals surface area contributed by atoms with Crippen molar-refractivity contribution in [3.8, 4) is 5.75 Å². The molecule has 0 heterocycles. The van der Waals surface area contributed by atoms with Crippen molar-refractivity contribution < 1.29 is 4.74 Å². The van der Waals surface area contributed by atoms with Crippen LogP contribution in [-0.4, -0.2) is 37.4 Å². The molecule has 0 aliphatic carbocycles. The highest BCUT2D eigenvalue weighted by Crippen LogP contribution is 2.26. The van der Waals surface area contributed by atoms with E-state index in [9.17, 15) is 0 Å². The highest BCUT2D eigenvalue weighted by molar-refractivity contribution is 7.99. The van der Waals surface area contributed by atoms with Crippen LogP contribution in [0.1, 0.15) is 20.3 Å². The lowest BCUT2D eigenvalue weighted by atomic mass is 10.3. The highest BCUT2D eigenvalue weighted by Gasteiger charge is 2.00. The average molecular weight is 253 g/mol. The van der Waals surface area contributed by atoms with Gasteiger partial charge in [0.2, 0.25) is 0 Å². The summed E-state index contributed by atoms with van der Waals surface area (Å²) in [5.41, 5.74) is 0. The van der Waals surface area contributed by atoms with Crippen LogP contribution in [0.5, 0.6) is 5.75 Å². The van der Waals surface area contributed by atoms with Crippen molar-refractivity contribution in [2.75, 3.05) is 27.2 Å². The van der Waals surface area contributed by atoms with Crippen molar-refractivity contribution in [2.24, 2.45) is 0 Å². The number of rotatable bonds is 7. The van der Waals surface area contributed by atoms with Gasteiger partial charge in [0.15, 0.2) is 0 Å². The Labute approximate surface area is 109 Å². The molecule has 0 fully saturated rings. The molecule has 0 N–H and O–H groups in total. The standard InChI is InChI=1S/C14H23NOS/c1-12(2)17-14-8-5-7-13(11-14)16-10-6-9-15(3)4/h5,7-8,11-12H,6,9-10H2,1-4H3. The summed E-state index contributed by atoms with van der Waals surface area (Å²) >= 11 is 1.87. The number of hydrogen-bond donors (Lipinski definition) is 0. The zero-order chi connectivity index (χ0) is 12.7. The van der Waals surface area contributed by atoms with Gasteiger partial charge in [0, 0.05) is 16.7 Å². The molecule has 1 aromatic carbocycles. The fourth-order valence-electron chi connectivity index (χ4n) is 1.48. The monoisotopic (exact) mass is 253 g/mol. The van der Waals surface area contributed by atoms with E-state index in [1.54, 1.807) is 0 Å². The quantitative estimate of drug-likeness (QED) is 0.545. The van der Waals surface area contributed by atoms with Gasteiger partial charge in [-0.15, -0.1) is 11.8 Å². The van der Waals surface area contributed by atoms with Crippen molar-refractivity contribution in [3.05, 3.63) is 24.3 Å². The maximum atomic E-state index is 5.74. The van der Waals surface area contributed by atoms with E-state index >= 15 is 0 Å². The summed E-state index contributed by atoms with van der Waals surface area (Å²) in [6.07, 6.45) is 1.06. The van der Waals surface area contributed by atoms with Gasteiger partial charge >= 0.3 is 0 Å². The molecule has 17 heavy (non-hydrogen) atoms. The Kier molecular flexibility index (Phi) is 6.45. The van der Waals surface area contributed by atoms with Gasteiger partial charge in [-0.3, -0.25) is 0 Å². The molecule has 0 spiro atoms. The van der Waals surface area contributed by atoms with Crippen molar-refractivity contribution in [1.29, 1.82) is 0 Å². The lowest BCUT2D eigenvalue weighted by Gasteiger charge is -2.11. The van der Waals surface area contributed by atoms with E-state index in [1.165, 1.54) is 4.90 Å². The first-order valence-electron chi connectivity index (χ1n) is 6.12. The minimum atomic E-state index is 0.610. The fourth-order valence-corrected chi connectivity index (χ4v) is 2.37. The van der Waals surface area contributed by atoms with Crippen LogP contribution in [0.2, 0.25) is 0 Å². The maximum absolute atomic E-state index is 5.74. The summed E-state index contributed by atoms with van der Waals surface area (Å²) in [5.74, 6) is 0.981. The molecule has 2 nitrogen and oxygen atoms in total. The summed E-state index contributed by atoms with van der Waals surface area (Å²) in [6.45, 7) is 6.26. The minimum absolute atomic E-state index is 0.610. The predicted octanol–water partition coefficient (Wildman–Crippen LogP) is 3.52. The Balaban J connectivity index is 2.37. The molecule has 0 aliphatic heterocycles. The van der Waals surface area contributed by atoms with Gasteiger partial charge in [0.1, 0.15) is 5.75 Å². The first-order chi connectivity index (χ1) is 8.08. The van der Waals surface area contributed by atoms with Gasteiger partial charge in [-0.1, -0.05) is 19.9 Å². The van der Waals surface area contributed by atoms with Gasteiger partial charge in [0.25, 0.3) is 0 Å². The lowest BCUT2D eigenvalue weighted by Crippen LogP contribution is -2.15. The maximum Gasteiger partial charge on any atom is 0.120 e. The molecule has 0 aliphatic rings. The lowest BCUT2D eigenvalue weighted by molar-refractivity contribution is 0.281. The number of nitrogens with zero attached hydrogens (tertiary/aromatic N) is 1. The molecule has 0 saturated heterocycles. The predicted molar refractivity (Wildman–Crippen MR) is 76.1 cm³/mol. The second kappa shape index (κ2) is 7.62. The zero-order valence-corrected chi connectivity index (χ0v) is 12.1. The van der Waals surface area contributed by atoms with E-state index in [4.69, 9.17) is 4.74 Å². The molecular weight excluding hydrogens is 230 g/mol. The Bertz CT molecular complexity index is 326. The molecule has 1 aromatic rings. The van der Waals surface area contributed by atoms with Crippen LogP contribution >= 0.6 is 11.8 Å². The van der Waals surface area contributed by atoms with E-state index < -0.39 is 0 Å². The van der Waals surface area contributed by atoms with Crippen LogP contribution < -0.4 is 4.74 Å². The normalized spacial score (nSPS) is 11.2. The van der Waals surface area contributed by atoms with E-state index in [0.29, 0.717) is 5.25 Å². The second-order valence-corrected chi connectivity index (χ2v) is 6.30. The van der Waals surface area contributed by atoms with Gasteiger partial charge < -0.3 is 9.64 Å². The summed E-state index contributed by atoms with van der Waals surface area (Å²) in [4.78, 5) is 3.46. The van der Waals surface area contributed by atoms with E-state index in [2.05, 4.69) is 51.0 Å². The van der Waals surface area contributed by atoms with Crippen molar-refractivity contribution >= 4 is 11.8 Å². The molecule has 0 unspecified atom stereocenters. The summed E-state index contributed by atoms with van der Waals surface area (Å²) in [7, 11) is 4.17. The van der Waals surface area contributed by atoms with E-state index in [1.807, 2.05) is 17.8 Å². The summed E-state index contributed by atoms with van der Waals surface area (Å²) in [6, 6.07) is 8.35. The topological polar surface area (TPSA) is 12.5 Å². The highest BCUT2D eigenvalue weighted by atomic mass is 32.2. The number of hydrogen-bond acceptors (Lipinski definition) is 3. The van der Waals surface area contributed by atoms with Crippen LogP contribution in [0.3, 0.4) is 0 Å². The Hall–Kier alpha value is -0.670. The van der Waals surface area contributed by atoms with Gasteiger partial charge in [-0.2, -0.15) is 0 Å². The largest absolute Gasteiger partial charge is 0.494 e. The van der Waals surface area contributed by atoms with Crippen LogP contribution in [0.15, 0.2) is 29.2 Å². The summed E-state index contributed by atoms with van der Waals surface area (Å²) < 4.78 is 5.74. The average Bonchev–Trinajstić information content (AvgIpc) is 2.24. The van der Waals surface area contributed by atoms with Gasteiger partial charge in [-0.25, -0.2) is 0 Å². The van der Waals surface area contributed by atoms with Crippen LogP contribution in [0, 0.1) is 0 Å². The Morgan fingerprint density at radius 2 is 2.06 bits per heavy atom. The smallest absolute Gasteiger partial charge is 0.120 e. The third kappa shape index (κ3) is 6.59. The number of thioether (sulfide) groups is 1. The van der Waals surface area contributed by atoms with Crippen molar-refractivity contribution in [3.63, 3.8) is 0 Å². The van der Waals surface area contributed by atoms with Crippen LogP contribution in [0.4, 0.5) is 0 Å². The van der Waals surface area contributed by atoms with E-state index in [0.717, 1.165) is 25.3 Å². The second-order valence-electron chi connectivity index (χ2n) is 4.65.